The van der Waals surface area contributed by atoms with Gasteiger partial charge in [-0.3, -0.25) is 4.79 Å². The van der Waals surface area contributed by atoms with Gasteiger partial charge in [0.15, 0.2) is 0 Å². The van der Waals surface area contributed by atoms with Crippen LogP contribution in [0.2, 0.25) is 0 Å². The minimum atomic E-state index is -0.761. The molecule has 18 heavy (non-hydrogen) atoms. The van der Waals surface area contributed by atoms with E-state index < -0.39 is 5.97 Å². The number of anilines is 1. The second kappa shape index (κ2) is 6.78. The molecule has 0 radical (unpaired) electrons. The molecule has 0 saturated carbocycles. The molecule has 1 rings (SSSR count). The van der Waals surface area contributed by atoms with Crippen LogP contribution in [-0.2, 0) is 4.79 Å². The van der Waals surface area contributed by atoms with Crippen molar-refractivity contribution >= 4 is 11.9 Å². The van der Waals surface area contributed by atoms with E-state index in [0.29, 0.717) is 24.8 Å². The van der Waals surface area contributed by atoms with E-state index in [-0.39, 0.29) is 5.92 Å². The molecule has 1 heterocycles. The van der Waals surface area contributed by atoms with Crippen LogP contribution in [0.4, 0.5) is 5.95 Å². The summed E-state index contributed by atoms with van der Waals surface area (Å²) in [5, 5.41) is 11.8. The highest BCUT2D eigenvalue weighted by Crippen LogP contribution is 2.11. The van der Waals surface area contributed by atoms with Gasteiger partial charge in [0.25, 0.3) is 0 Å². The topological polar surface area (TPSA) is 84.3 Å². The van der Waals surface area contributed by atoms with Gasteiger partial charge in [0.05, 0.1) is 13.0 Å². The van der Waals surface area contributed by atoms with Crippen LogP contribution in [0.5, 0.6) is 5.88 Å². The Balaban J connectivity index is 2.39. The molecule has 0 aromatic carbocycles. The molecule has 1 aromatic heterocycles. The molecule has 1 aromatic rings. The van der Waals surface area contributed by atoms with Gasteiger partial charge in [-0.2, -0.15) is 4.98 Å². The largest absolute Gasteiger partial charge is 0.481 e. The Kier molecular flexibility index (Phi) is 5.35. The minimum absolute atomic E-state index is 0.320. The number of hydrogen-bond acceptors (Lipinski definition) is 5. The highest BCUT2D eigenvalue weighted by atomic mass is 16.5. The third-order valence-corrected chi connectivity index (χ3v) is 2.56. The number of aromatic nitrogens is 2. The van der Waals surface area contributed by atoms with Gasteiger partial charge in [-0.05, 0) is 19.8 Å². The zero-order valence-electron chi connectivity index (χ0n) is 10.9. The van der Waals surface area contributed by atoms with Crippen molar-refractivity contribution in [2.45, 2.75) is 26.7 Å². The van der Waals surface area contributed by atoms with Crippen LogP contribution in [0.15, 0.2) is 6.07 Å². The van der Waals surface area contributed by atoms with Gasteiger partial charge < -0.3 is 15.2 Å². The average molecular weight is 253 g/mol. The van der Waals surface area contributed by atoms with Crippen LogP contribution in [0.25, 0.3) is 0 Å². The van der Waals surface area contributed by atoms with E-state index in [0.717, 1.165) is 12.1 Å². The number of carboxylic acid groups (broad SMARTS) is 1. The molecule has 0 saturated heterocycles. The van der Waals surface area contributed by atoms with Gasteiger partial charge in [0.1, 0.15) is 0 Å². The number of aliphatic carboxylic acids is 1. The van der Waals surface area contributed by atoms with E-state index in [9.17, 15) is 4.79 Å². The number of aryl methyl sites for hydroxylation is 1. The lowest BCUT2D eigenvalue weighted by Crippen LogP contribution is -2.12. The second-order valence-electron chi connectivity index (χ2n) is 4.18. The number of rotatable bonds is 7. The number of carboxylic acids is 1. The summed E-state index contributed by atoms with van der Waals surface area (Å²) in [5.41, 5.74) is 0.822. The van der Waals surface area contributed by atoms with Crippen molar-refractivity contribution < 1.29 is 14.6 Å². The lowest BCUT2D eigenvalue weighted by Gasteiger charge is -2.08. The molecule has 0 bridgehead atoms. The van der Waals surface area contributed by atoms with Gasteiger partial charge >= 0.3 is 5.97 Å². The van der Waals surface area contributed by atoms with Crippen LogP contribution in [0, 0.1) is 12.8 Å². The van der Waals surface area contributed by atoms with Crippen LogP contribution < -0.4 is 10.1 Å². The first-order valence-electron chi connectivity index (χ1n) is 5.89. The van der Waals surface area contributed by atoms with E-state index in [1.165, 1.54) is 0 Å². The maximum absolute atomic E-state index is 10.6. The van der Waals surface area contributed by atoms with Gasteiger partial charge in [0, 0.05) is 18.3 Å². The molecular weight excluding hydrogens is 234 g/mol. The van der Waals surface area contributed by atoms with Crippen LogP contribution in [-0.4, -0.2) is 34.7 Å². The Hall–Kier alpha value is -1.85. The molecule has 0 aliphatic rings. The number of ether oxygens (including phenoxy) is 1. The first kappa shape index (κ1) is 14.2. The summed E-state index contributed by atoms with van der Waals surface area (Å²) in [5.74, 6) is -0.0537. The van der Waals surface area contributed by atoms with E-state index in [4.69, 9.17) is 9.84 Å². The lowest BCUT2D eigenvalue weighted by molar-refractivity contribution is -0.141. The smallest absolute Gasteiger partial charge is 0.306 e. The maximum Gasteiger partial charge on any atom is 0.306 e. The van der Waals surface area contributed by atoms with E-state index in [1.807, 2.05) is 6.92 Å². The average Bonchev–Trinajstić information content (AvgIpc) is 2.33. The fourth-order valence-corrected chi connectivity index (χ4v) is 1.46. The van der Waals surface area contributed by atoms with Gasteiger partial charge in [0.2, 0.25) is 11.8 Å². The Bertz CT molecular complexity index is 410. The van der Waals surface area contributed by atoms with Crippen molar-refractivity contribution in [3.8, 4) is 5.88 Å². The Labute approximate surface area is 106 Å². The standard InChI is InChI=1S/C12H19N3O3/c1-8(11(16)17)5-4-6-13-12-14-9(2)7-10(15-12)18-3/h7-8H,4-6H2,1-3H3,(H,16,17)(H,13,14,15). The Morgan fingerprint density at radius 3 is 2.89 bits per heavy atom. The molecule has 0 spiro atoms. The SMILES string of the molecule is COc1cc(C)nc(NCCCC(C)C(=O)O)n1. The maximum atomic E-state index is 10.6. The third-order valence-electron chi connectivity index (χ3n) is 2.56. The van der Waals surface area contributed by atoms with E-state index in [1.54, 1.807) is 20.1 Å². The predicted octanol–water partition coefficient (Wildman–Crippen LogP) is 1.71. The first-order valence-corrected chi connectivity index (χ1v) is 5.89. The number of nitrogens with one attached hydrogen (secondary N) is 1. The number of methoxy groups -OCH3 is 1. The van der Waals surface area contributed by atoms with Gasteiger partial charge in [-0.25, -0.2) is 4.98 Å². The van der Waals surface area contributed by atoms with Crippen molar-refractivity contribution in [1.82, 2.24) is 9.97 Å². The van der Waals surface area contributed by atoms with E-state index >= 15 is 0 Å². The highest BCUT2D eigenvalue weighted by molar-refractivity contribution is 5.69. The fraction of sp³-hybridized carbons (Fsp3) is 0.583. The molecule has 0 aliphatic heterocycles. The van der Waals surface area contributed by atoms with Crippen molar-refractivity contribution in [2.24, 2.45) is 5.92 Å². The Morgan fingerprint density at radius 2 is 2.28 bits per heavy atom. The summed E-state index contributed by atoms with van der Waals surface area (Å²) in [7, 11) is 1.56. The molecule has 6 nitrogen and oxygen atoms in total. The zero-order chi connectivity index (χ0) is 13.5. The molecule has 1 atom stereocenters. The van der Waals surface area contributed by atoms with E-state index in [2.05, 4.69) is 15.3 Å². The quantitative estimate of drug-likeness (QED) is 0.719. The highest BCUT2D eigenvalue weighted by Gasteiger charge is 2.09. The zero-order valence-corrected chi connectivity index (χ0v) is 10.9. The Morgan fingerprint density at radius 1 is 1.56 bits per heavy atom. The third kappa shape index (κ3) is 4.57. The summed E-state index contributed by atoms with van der Waals surface area (Å²) >= 11 is 0. The molecule has 1 unspecified atom stereocenters. The number of nitrogens with zero attached hydrogens (tertiary/aromatic N) is 2. The molecule has 0 aliphatic carbocycles. The molecular formula is C12H19N3O3. The summed E-state index contributed by atoms with van der Waals surface area (Å²) in [6, 6.07) is 1.75. The first-order chi connectivity index (χ1) is 8.52. The van der Waals surface area contributed by atoms with Gasteiger partial charge in [-0.15, -0.1) is 0 Å². The van der Waals surface area contributed by atoms with Crippen LogP contribution >= 0.6 is 0 Å². The molecule has 100 valence electrons. The molecule has 0 amide bonds. The van der Waals surface area contributed by atoms with Crippen molar-refractivity contribution in [1.29, 1.82) is 0 Å². The predicted molar refractivity (Wildman–Crippen MR) is 67.8 cm³/mol. The summed E-state index contributed by atoms with van der Waals surface area (Å²) in [6.07, 6.45) is 1.39. The second-order valence-corrected chi connectivity index (χ2v) is 4.18. The van der Waals surface area contributed by atoms with Crippen molar-refractivity contribution in [3.63, 3.8) is 0 Å². The normalized spacial score (nSPS) is 11.9. The fourth-order valence-electron chi connectivity index (χ4n) is 1.46. The minimum Gasteiger partial charge on any atom is -0.481 e. The summed E-state index contributed by atoms with van der Waals surface area (Å²) in [6.45, 7) is 4.21. The van der Waals surface area contributed by atoms with Gasteiger partial charge in [-0.1, -0.05) is 6.92 Å². The molecule has 6 heteroatoms. The monoisotopic (exact) mass is 253 g/mol. The summed E-state index contributed by atoms with van der Waals surface area (Å²) in [4.78, 5) is 19.0. The van der Waals surface area contributed by atoms with Crippen molar-refractivity contribution in [3.05, 3.63) is 11.8 Å². The molecule has 2 N–H and O–H groups in total. The van der Waals surface area contributed by atoms with Crippen LogP contribution in [0.1, 0.15) is 25.5 Å². The molecule has 0 fully saturated rings. The van der Waals surface area contributed by atoms with Crippen molar-refractivity contribution in [2.75, 3.05) is 19.0 Å². The lowest BCUT2D eigenvalue weighted by atomic mass is 10.1. The summed E-state index contributed by atoms with van der Waals surface area (Å²) < 4.78 is 5.04. The number of carbonyl (C=O) groups is 1. The number of hydrogen-bond donors (Lipinski definition) is 2. The van der Waals surface area contributed by atoms with Crippen LogP contribution in [0.3, 0.4) is 0 Å².